The number of hydrogen-bond donors (Lipinski definition) is 2. The number of nitrogens with zero attached hydrogens (tertiary/aromatic N) is 1. The lowest BCUT2D eigenvalue weighted by molar-refractivity contribution is -0.384. The average molecular weight is 301 g/mol. The maximum atomic E-state index is 12.1. The first-order valence-electron chi connectivity index (χ1n) is 6.12. The zero-order valence-electron chi connectivity index (χ0n) is 11.7. The third-order valence-corrected chi connectivity index (χ3v) is 4.67. The summed E-state index contributed by atoms with van der Waals surface area (Å²) in [5, 5.41) is 10.6. The number of nitrogens with two attached hydrogens (primary N) is 1. The van der Waals surface area contributed by atoms with Gasteiger partial charge in [-0.05, 0) is 17.9 Å². The van der Waals surface area contributed by atoms with Gasteiger partial charge in [0.2, 0.25) is 10.0 Å². The highest BCUT2D eigenvalue weighted by Crippen LogP contribution is 2.25. The van der Waals surface area contributed by atoms with Gasteiger partial charge in [0, 0.05) is 18.7 Å². The summed E-state index contributed by atoms with van der Waals surface area (Å²) in [6.45, 7) is 6.11. The van der Waals surface area contributed by atoms with E-state index in [9.17, 15) is 18.5 Å². The maximum absolute atomic E-state index is 12.1. The van der Waals surface area contributed by atoms with Crippen molar-refractivity contribution in [2.45, 2.75) is 32.1 Å². The van der Waals surface area contributed by atoms with E-state index in [-0.39, 0.29) is 28.2 Å². The molecule has 0 unspecified atom stereocenters. The molecule has 1 rings (SSSR count). The number of nitrogens with one attached hydrogen (secondary N) is 1. The first-order chi connectivity index (χ1) is 9.09. The Morgan fingerprint density at radius 2 is 2.00 bits per heavy atom. The lowest BCUT2D eigenvalue weighted by atomic mass is 9.91. The predicted octanol–water partition coefficient (Wildman–Crippen LogP) is 1.89. The summed E-state index contributed by atoms with van der Waals surface area (Å²) in [4.78, 5) is 9.83. The van der Waals surface area contributed by atoms with Crippen LogP contribution in [0.25, 0.3) is 0 Å². The third-order valence-electron chi connectivity index (χ3n) is 3.19. The van der Waals surface area contributed by atoms with E-state index < -0.39 is 14.9 Å². The molecule has 0 aliphatic heterocycles. The highest BCUT2D eigenvalue weighted by molar-refractivity contribution is 7.89. The molecule has 0 fully saturated rings. The molecule has 0 saturated carbocycles. The highest BCUT2D eigenvalue weighted by atomic mass is 32.2. The van der Waals surface area contributed by atoms with Crippen molar-refractivity contribution in [1.82, 2.24) is 4.72 Å². The van der Waals surface area contributed by atoms with Gasteiger partial charge >= 0.3 is 0 Å². The van der Waals surface area contributed by atoms with E-state index in [1.165, 1.54) is 0 Å². The lowest BCUT2D eigenvalue weighted by Crippen LogP contribution is -2.34. The van der Waals surface area contributed by atoms with Gasteiger partial charge in [-0.25, -0.2) is 13.1 Å². The molecule has 0 amide bonds. The number of nitrogen functional groups attached to an aromatic ring is 1. The molecule has 0 atom stereocenters. The molecule has 1 aromatic rings. The Labute approximate surface area is 118 Å². The molecule has 0 aromatic heterocycles. The molecule has 0 aliphatic carbocycles. The minimum absolute atomic E-state index is 0.138. The number of sulfonamides is 1. The molecule has 0 radical (unpaired) electrons. The molecule has 0 heterocycles. The second-order valence-corrected chi connectivity index (χ2v) is 7.06. The topological polar surface area (TPSA) is 115 Å². The van der Waals surface area contributed by atoms with Crippen molar-refractivity contribution in [3.05, 3.63) is 28.3 Å². The normalized spacial score (nSPS) is 12.3. The molecule has 0 aliphatic rings. The van der Waals surface area contributed by atoms with Gasteiger partial charge in [0.15, 0.2) is 0 Å². The summed E-state index contributed by atoms with van der Waals surface area (Å²) in [7, 11) is -3.77. The number of non-ortho nitro benzene ring substituents is 1. The van der Waals surface area contributed by atoms with Gasteiger partial charge in [0.1, 0.15) is 4.90 Å². The van der Waals surface area contributed by atoms with Gasteiger partial charge in [-0.2, -0.15) is 0 Å². The lowest BCUT2D eigenvalue weighted by Gasteiger charge is -2.23. The van der Waals surface area contributed by atoms with Gasteiger partial charge in [-0.15, -0.1) is 0 Å². The predicted molar refractivity (Wildman–Crippen MR) is 76.8 cm³/mol. The summed E-state index contributed by atoms with van der Waals surface area (Å²) in [6.07, 6.45) is 0.811. The number of hydrogen-bond acceptors (Lipinski definition) is 5. The van der Waals surface area contributed by atoms with Crippen LogP contribution in [-0.2, 0) is 10.0 Å². The largest absolute Gasteiger partial charge is 0.397 e. The fraction of sp³-hybridized carbons (Fsp3) is 0.500. The van der Waals surface area contributed by atoms with Crippen LogP contribution >= 0.6 is 0 Å². The van der Waals surface area contributed by atoms with Crippen LogP contribution in [0, 0.1) is 15.5 Å². The average Bonchev–Trinajstić information content (AvgIpc) is 2.36. The van der Waals surface area contributed by atoms with Crippen molar-refractivity contribution in [2.24, 2.45) is 5.41 Å². The van der Waals surface area contributed by atoms with E-state index in [0.717, 1.165) is 24.6 Å². The first kappa shape index (κ1) is 16.4. The molecule has 20 heavy (non-hydrogen) atoms. The monoisotopic (exact) mass is 301 g/mol. The second kappa shape index (κ2) is 5.76. The highest BCUT2D eigenvalue weighted by Gasteiger charge is 2.23. The minimum atomic E-state index is -3.77. The Morgan fingerprint density at radius 1 is 1.40 bits per heavy atom. The zero-order chi connectivity index (χ0) is 15.6. The van der Waals surface area contributed by atoms with Gasteiger partial charge in [-0.1, -0.05) is 20.8 Å². The van der Waals surface area contributed by atoms with Crippen LogP contribution in [0.1, 0.15) is 27.2 Å². The van der Waals surface area contributed by atoms with Gasteiger partial charge < -0.3 is 5.73 Å². The zero-order valence-corrected chi connectivity index (χ0v) is 12.5. The molecular formula is C12H19N3O4S. The van der Waals surface area contributed by atoms with E-state index in [2.05, 4.69) is 4.72 Å². The molecular weight excluding hydrogens is 282 g/mol. The third kappa shape index (κ3) is 3.91. The minimum Gasteiger partial charge on any atom is -0.397 e. The van der Waals surface area contributed by atoms with Crippen molar-refractivity contribution in [3.63, 3.8) is 0 Å². The van der Waals surface area contributed by atoms with E-state index in [1.54, 1.807) is 0 Å². The van der Waals surface area contributed by atoms with Gasteiger partial charge in [0.05, 0.1) is 10.6 Å². The van der Waals surface area contributed by atoms with Crippen molar-refractivity contribution in [1.29, 1.82) is 0 Å². The summed E-state index contributed by atoms with van der Waals surface area (Å²) in [5.41, 5.74) is 5.04. The molecule has 0 bridgehead atoms. The molecule has 3 N–H and O–H groups in total. The molecule has 1 aromatic carbocycles. The number of anilines is 1. The van der Waals surface area contributed by atoms with Crippen LogP contribution in [0.3, 0.4) is 0 Å². The van der Waals surface area contributed by atoms with Crippen LogP contribution in [0.5, 0.6) is 0 Å². The maximum Gasteiger partial charge on any atom is 0.271 e. The number of nitro groups is 1. The standard InChI is InChI=1S/C12H19N3O4S/c1-4-12(2,3)8-14-20(18,19)11-6-5-9(15(16)17)7-10(11)13/h5-7,14H,4,8,13H2,1-3H3. The SMILES string of the molecule is CCC(C)(C)CNS(=O)(=O)c1ccc([N+](=O)[O-])cc1N. The molecule has 112 valence electrons. The summed E-state index contributed by atoms with van der Waals surface area (Å²) >= 11 is 0. The van der Waals surface area contributed by atoms with Crippen LogP contribution < -0.4 is 10.5 Å². The van der Waals surface area contributed by atoms with Gasteiger partial charge in [0.25, 0.3) is 5.69 Å². The Bertz CT molecular complexity index is 611. The molecule has 8 heteroatoms. The van der Waals surface area contributed by atoms with Crippen molar-refractivity contribution < 1.29 is 13.3 Å². The summed E-state index contributed by atoms with van der Waals surface area (Å²) in [6, 6.07) is 3.31. The van der Waals surface area contributed by atoms with Crippen LogP contribution in [0.4, 0.5) is 11.4 Å². The van der Waals surface area contributed by atoms with Crippen molar-refractivity contribution in [3.8, 4) is 0 Å². The van der Waals surface area contributed by atoms with Gasteiger partial charge in [-0.3, -0.25) is 10.1 Å². The van der Waals surface area contributed by atoms with Crippen LogP contribution in [0.15, 0.2) is 23.1 Å². The summed E-state index contributed by atoms with van der Waals surface area (Å²) < 4.78 is 26.7. The van der Waals surface area contributed by atoms with Crippen molar-refractivity contribution >= 4 is 21.4 Å². The fourth-order valence-electron chi connectivity index (χ4n) is 1.39. The Hall–Kier alpha value is -1.67. The quantitative estimate of drug-likeness (QED) is 0.473. The number of rotatable bonds is 6. The summed E-state index contributed by atoms with van der Waals surface area (Å²) in [5.74, 6) is 0. The second-order valence-electron chi connectivity index (χ2n) is 5.32. The molecule has 7 nitrogen and oxygen atoms in total. The number of nitro benzene ring substituents is 1. The first-order valence-corrected chi connectivity index (χ1v) is 7.61. The van der Waals surface area contributed by atoms with E-state index in [0.29, 0.717) is 0 Å². The Balaban J connectivity index is 3.02. The van der Waals surface area contributed by atoms with Crippen LogP contribution in [-0.4, -0.2) is 19.9 Å². The molecule has 0 spiro atoms. The van der Waals surface area contributed by atoms with E-state index in [1.807, 2.05) is 20.8 Å². The van der Waals surface area contributed by atoms with Crippen molar-refractivity contribution in [2.75, 3.05) is 12.3 Å². The smallest absolute Gasteiger partial charge is 0.271 e. The molecule has 0 saturated heterocycles. The fourth-order valence-corrected chi connectivity index (χ4v) is 2.74. The number of benzene rings is 1. The Morgan fingerprint density at radius 3 is 2.45 bits per heavy atom. The van der Waals surface area contributed by atoms with Crippen LogP contribution in [0.2, 0.25) is 0 Å². The van der Waals surface area contributed by atoms with E-state index >= 15 is 0 Å². The Kier molecular flexibility index (Phi) is 4.72. The van der Waals surface area contributed by atoms with E-state index in [4.69, 9.17) is 5.73 Å².